The van der Waals surface area contributed by atoms with Crippen molar-refractivity contribution in [1.82, 2.24) is 20.1 Å². The summed E-state index contributed by atoms with van der Waals surface area (Å²) in [5.74, 6) is 3.22. The van der Waals surface area contributed by atoms with E-state index in [4.69, 9.17) is 0 Å². The van der Waals surface area contributed by atoms with E-state index in [2.05, 4.69) is 27.1 Å². The van der Waals surface area contributed by atoms with Gasteiger partial charge in [-0.3, -0.25) is 0 Å². The van der Waals surface area contributed by atoms with Gasteiger partial charge in [-0.1, -0.05) is 18.2 Å². The summed E-state index contributed by atoms with van der Waals surface area (Å²) < 4.78 is 2.34. The minimum atomic E-state index is 0.647. The van der Waals surface area contributed by atoms with Crippen LogP contribution in [-0.4, -0.2) is 33.6 Å². The van der Waals surface area contributed by atoms with Crippen molar-refractivity contribution in [3.8, 4) is 0 Å². The predicted molar refractivity (Wildman–Crippen MR) is 73.9 cm³/mol. The minimum absolute atomic E-state index is 0.647. The molecule has 3 rings (SSSR count). The first kappa shape index (κ1) is 12.5. The first-order valence-corrected chi connectivity index (χ1v) is 8.09. The molecule has 1 aliphatic carbocycles. The highest BCUT2D eigenvalue weighted by Crippen LogP contribution is 2.35. The Labute approximate surface area is 113 Å². The summed E-state index contributed by atoms with van der Waals surface area (Å²) in [5, 5.41) is 13.3. The van der Waals surface area contributed by atoms with Gasteiger partial charge in [-0.05, 0) is 38.6 Å². The molecule has 1 aliphatic heterocycles. The average molecular weight is 266 g/mol. The van der Waals surface area contributed by atoms with Crippen molar-refractivity contribution in [3.05, 3.63) is 5.82 Å². The molecular formula is C13H22N4S. The fraction of sp³-hybridized carbons (Fsp3) is 0.846. The van der Waals surface area contributed by atoms with Crippen LogP contribution in [0.3, 0.4) is 0 Å². The molecule has 100 valence electrons. The lowest BCUT2D eigenvalue weighted by Crippen LogP contribution is -2.29. The fourth-order valence-electron chi connectivity index (χ4n) is 2.68. The monoisotopic (exact) mass is 266 g/mol. The standard InChI is InChI=1S/C13H22N4S/c1-14-11(10-6-7-10)9-18-13-16-15-12-5-3-2-4-8-17(12)13/h10-11,14H,2-9H2,1H3. The molecule has 1 N–H and O–H groups in total. The van der Waals surface area contributed by atoms with Crippen molar-refractivity contribution in [2.45, 2.75) is 56.3 Å². The number of thioether (sulfide) groups is 1. The van der Waals surface area contributed by atoms with E-state index in [1.54, 1.807) is 0 Å². The smallest absolute Gasteiger partial charge is 0.191 e. The maximum atomic E-state index is 4.37. The molecule has 0 spiro atoms. The van der Waals surface area contributed by atoms with Gasteiger partial charge in [0, 0.05) is 24.8 Å². The molecule has 0 aromatic carbocycles. The van der Waals surface area contributed by atoms with Crippen LogP contribution in [0.15, 0.2) is 5.16 Å². The summed E-state index contributed by atoms with van der Waals surface area (Å²) in [6.07, 6.45) is 7.76. The number of hydrogen-bond acceptors (Lipinski definition) is 4. The van der Waals surface area contributed by atoms with Crippen LogP contribution >= 0.6 is 11.8 Å². The zero-order valence-electron chi connectivity index (χ0n) is 11.1. The van der Waals surface area contributed by atoms with Crippen molar-refractivity contribution < 1.29 is 0 Å². The highest BCUT2D eigenvalue weighted by molar-refractivity contribution is 7.99. The molecule has 1 aromatic rings. The molecule has 0 bridgehead atoms. The summed E-state index contributed by atoms with van der Waals surface area (Å²) in [6.45, 7) is 1.11. The van der Waals surface area contributed by atoms with Gasteiger partial charge in [-0.25, -0.2) is 0 Å². The molecule has 0 amide bonds. The average Bonchev–Trinajstić information content (AvgIpc) is 3.18. The third-order valence-corrected chi connectivity index (χ3v) is 5.12. The van der Waals surface area contributed by atoms with E-state index < -0.39 is 0 Å². The first-order valence-electron chi connectivity index (χ1n) is 7.10. The lowest BCUT2D eigenvalue weighted by atomic mass is 10.2. The Morgan fingerprint density at radius 3 is 3.00 bits per heavy atom. The molecule has 2 heterocycles. The maximum absolute atomic E-state index is 4.37. The number of rotatable bonds is 5. The molecule has 1 unspecified atom stereocenters. The summed E-state index contributed by atoms with van der Waals surface area (Å²) in [4.78, 5) is 0. The summed E-state index contributed by atoms with van der Waals surface area (Å²) in [5.41, 5.74) is 0. The van der Waals surface area contributed by atoms with Crippen LogP contribution in [0, 0.1) is 5.92 Å². The highest BCUT2D eigenvalue weighted by atomic mass is 32.2. The molecule has 18 heavy (non-hydrogen) atoms. The molecular weight excluding hydrogens is 244 g/mol. The van der Waals surface area contributed by atoms with Gasteiger partial charge in [0.25, 0.3) is 0 Å². The summed E-state index contributed by atoms with van der Waals surface area (Å²) in [7, 11) is 2.08. The Morgan fingerprint density at radius 2 is 2.22 bits per heavy atom. The molecule has 1 saturated carbocycles. The second-order valence-corrected chi connectivity index (χ2v) is 6.39. The Kier molecular flexibility index (Phi) is 3.89. The van der Waals surface area contributed by atoms with E-state index >= 15 is 0 Å². The molecule has 2 aliphatic rings. The Hall–Kier alpha value is -0.550. The predicted octanol–water partition coefficient (Wildman–Crippen LogP) is 2.09. The second kappa shape index (κ2) is 5.61. The fourth-order valence-corrected chi connectivity index (χ4v) is 3.90. The molecule has 4 nitrogen and oxygen atoms in total. The summed E-state index contributed by atoms with van der Waals surface area (Å²) in [6, 6.07) is 0.647. The van der Waals surface area contributed by atoms with E-state index in [1.165, 1.54) is 37.9 Å². The van der Waals surface area contributed by atoms with Crippen molar-refractivity contribution in [3.63, 3.8) is 0 Å². The number of fused-ring (bicyclic) bond motifs is 1. The van der Waals surface area contributed by atoms with Gasteiger partial charge in [-0.15, -0.1) is 10.2 Å². The van der Waals surface area contributed by atoms with Gasteiger partial charge in [-0.2, -0.15) is 0 Å². The van der Waals surface area contributed by atoms with Gasteiger partial charge >= 0.3 is 0 Å². The zero-order valence-corrected chi connectivity index (χ0v) is 11.9. The number of nitrogens with zero attached hydrogens (tertiary/aromatic N) is 3. The largest absolute Gasteiger partial charge is 0.316 e. The number of aromatic nitrogens is 3. The number of nitrogens with one attached hydrogen (secondary N) is 1. The van der Waals surface area contributed by atoms with Crippen LogP contribution in [-0.2, 0) is 13.0 Å². The van der Waals surface area contributed by atoms with Crippen LogP contribution < -0.4 is 5.32 Å². The maximum Gasteiger partial charge on any atom is 0.191 e. The normalized spacial score (nSPS) is 21.4. The molecule has 5 heteroatoms. The topological polar surface area (TPSA) is 42.7 Å². The van der Waals surface area contributed by atoms with Crippen molar-refractivity contribution in [2.24, 2.45) is 5.92 Å². The van der Waals surface area contributed by atoms with Crippen LogP contribution in [0.4, 0.5) is 0 Å². The van der Waals surface area contributed by atoms with Crippen LogP contribution in [0.5, 0.6) is 0 Å². The molecule has 1 aromatic heterocycles. The lowest BCUT2D eigenvalue weighted by molar-refractivity contribution is 0.550. The van der Waals surface area contributed by atoms with Crippen LogP contribution in [0.1, 0.15) is 37.9 Å². The van der Waals surface area contributed by atoms with Crippen LogP contribution in [0.25, 0.3) is 0 Å². The van der Waals surface area contributed by atoms with Crippen LogP contribution in [0.2, 0.25) is 0 Å². The summed E-state index contributed by atoms with van der Waals surface area (Å²) >= 11 is 1.88. The Balaban J connectivity index is 1.63. The van der Waals surface area contributed by atoms with Crippen molar-refractivity contribution >= 4 is 11.8 Å². The third kappa shape index (κ3) is 2.72. The number of aryl methyl sites for hydroxylation is 1. The molecule has 1 fully saturated rings. The molecule has 0 radical (unpaired) electrons. The van der Waals surface area contributed by atoms with E-state index in [0.717, 1.165) is 29.8 Å². The van der Waals surface area contributed by atoms with E-state index in [0.29, 0.717) is 6.04 Å². The third-order valence-electron chi connectivity index (χ3n) is 4.03. The van der Waals surface area contributed by atoms with Crippen molar-refractivity contribution in [2.75, 3.05) is 12.8 Å². The van der Waals surface area contributed by atoms with E-state index in [-0.39, 0.29) is 0 Å². The minimum Gasteiger partial charge on any atom is -0.316 e. The molecule has 1 atom stereocenters. The number of hydrogen-bond donors (Lipinski definition) is 1. The Morgan fingerprint density at radius 1 is 1.33 bits per heavy atom. The molecule has 0 saturated heterocycles. The van der Waals surface area contributed by atoms with Gasteiger partial charge in [0.05, 0.1) is 0 Å². The first-order chi connectivity index (χ1) is 8.88. The van der Waals surface area contributed by atoms with Gasteiger partial charge in [0.2, 0.25) is 0 Å². The van der Waals surface area contributed by atoms with Gasteiger partial charge < -0.3 is 9.88 Å². The SMILES string of the molecule is CNC(CSc1nnc2n1CCCCC2)C1CC1. The quantitative estimate of drug-likeness (QED) is 0.829. The highest BCUT2D eigenvalue weighted by Gasteiger charge is 2.30. The van der Waals surface area contributed by atoms with E-state index in [9.17, 15) is 0 Å². The lowest BCUT2D eigenvalue weighted by Gasteiger charge is -2.14. The Bertz CT molecular complexity index is 400. The van der Waals surface area contributed by atoms with Crippen molar-refractivity contribution in [1.29, 1.82) is 0 Å². The van der Waals surface area contributed by atoms with E-state index in [1.807, 2.05) is 11.8 Å². The zero-order chi connectivity index (χ0) is 12.4. The van der Waals surface area contributed by atoms with Gasteiger partial charge in [0.15, 0.2) is 5.16 Å². The van der Waals surface area contributed by atoms with Gasteiger partial charge in [0.1, 0.15) is 5.82 Å². The second-order valence-electron chi connectivity index (χ2n) is 5.40.